The summed E-state index contributed by atoms with van der Waals surface area (Å²) in [5.74, 6) is 0.956. The molecule has 4 aromatic carbocycles. The number of ether oxygens (including phenoxy) is 1. The molecule has 0 unspecified atom stereocenters. The van der Waals surface area contributed by atoms with E-state index >= 15 is 0 Å². The van der Waals surface area contributed by atoms with Gasteiger partial charge in [-0.3, -0.25) is 0 Å². The number of hydrazone groups is 1. The quantitative estimate of drug-likeness (QED) is 0.330. The van der Waals surface area contributed by atoms with E-state index in [4.69, 9.17) is 9.84 Å². The van der Waals surface area contributed by atoms with Crippen LogP contribution in [0, 0.1) is 0 Å². The fraction of sp³-hybridized carbons (Fsp3) is 0.233. The van der Waals surface area contributed by atoms with Gasteiger partial charge in [-0.2, -0.15) is 5.10 Å². The molecule has 2 heterocycles. The Morgan fingerprint density at radius 3 is 2.36 bits per heavy atom. The smallest absolute Gasteiger partial charge is 0.213 e. The Kier molecular flexibility index (Phi) is 4.55. The summed E-state index contributed by atoms with van der Waals surface area (Å²) >= 11 is 0. The number of hydrogen-bond acceptors (Lipinski definition) is 3. The predicted octanol–water partition coefficient (Wildman–Crippen LogP) is 7.38. The van der Waals surface area contributed by atoms with Crippen LogP contribution in [0.15, 0.2) is 96.1 Å². The maximum Gasteiger partial charge on any atom is 0.213 e. The summed E-state index contributed by atoms with van der Waals surface area (Å²) in [5.41, 5.74) is 6.11. The third kappa shape index (κ3) is 3.39. The van der Waals surface area contributed by atoms with Gasteiger partial charge in [-0.1, -0.05) is 106 Å². The highest BCUT2D eigenvalue weighted by molar-refractivity contribution is 6.11. The molecule has 2 atom stereocenters. The highest BCUT2D eigenvalue weighted by Crippen LogP contribution is 2.47. The van der Waals surface area contributed by atoms with E-state index < -0.39 is 0 Å². The van der Waals surface area contributed by atoms with Crippen LogP contribution in [0.5, 0.6) is 5.75 Å². The van der Waals surface area contributed by atoms with Gasteiger partial charge in [0.2, 0.25) is 6.23 Å². The second kappa shape index (κ2) is 7.48. The van der Waals surface area contributed by atoms with E-state index in [9.17, 15) is 0 Å². The van der Waals surface area contributed by atoms with Crippen LogP contribution in [-0.4, -0.2) is 10.7 Å². The highest BCUT2D eigenvalue weighted by atomic mass is 16.5. The molecule has 33 heavy (non-hydrogen) atoms. The van der Waals surface area contributed by atoms with Crippen molar-refractivity contribution in [2.24, 2.45) is 5.10 Å². The van der Waals surface area contributed by atoms with Gasteiger partial charge in [-0.05, 0) is 27.8 Å². The SMILES string of the molecule is CC(C)(C)c1ccc([C@H]2Oc3ccccc3[C@H]3CC(c4cccc5ccccc45)=NN32)cc1. The van der Waals surface area contributed by atoms with Gasteiger partial charge in [0, 0.05) is 23.1 Å². The molecule has 0 saturated carbocycles. The van der Waals surface area contributed by atoms with Crippen molar-refractivity contribution in [2.45, 2.75) is 44.9 Å². The van der Waals surface area contributed by atoms with Gasteiger partial charge >= 0.3 is 0 Å². The van der Waals surface area contributed by atoms with Crippen molar-refractivity contribution in [1.82, 2.24) is 5.01 Å². The minimum atomic E-state index is -0.244. The van der Waals surface area contributed by atoms with Gasteiger partial charge < -0.3 is 4.74 Å². The third-order valence-corrected chi connectivity index (χ3v) is 6.86. The molecule has 0 saturated heterocycles. The zero-order valence-electron chi connectivity index (χ0n) is 19.3. The molecule has 0 spiro atoms. The molecule has 0 radical (unpaired) electrons. The van der Waals surface area contributed by atoms with Crippen molar-refractivity contribution in [3.63, 3.8) is 0 Å². The standard InChI is InChI=1S/C30H28N2O/c1-30(2,3)22-17-15-21(16-18-22)29-32-27(25-12-6-7-14-28(25)33-29)19-26(31-32)24-13-8-10-20-9-4-5-11-23(20)24/h4-18,27,29H,19H2,1-3H3/t27-,29-/m1/s1. The maximum atomic E-state index is 6.55. The Morgan fingerprint density at radius 1 is 0.818 bits per heavy atom. The van der Waals surface area contributed by atoms with E-state index in [0.29, 0.717) is 0 Å². The summed E-state index contributed by atoms with van der Waals surface area (Å²) < 4.78 is 6.55. The summed E-state index contributed by atoms with van der Waals surface area (Å²) in [6.07, 6.45) is 0.622. The number of fused-ring (bicyclic) bond motifs is 4. The molecule has 0 amide bonds. The fourth-order valence-corrected chi connectivity index (χ4v) is 5.04. The fourth-order valence-electron chi connectivity index (χ4n) is 5.04. The molecule has 3 heteroatoms. The Labute approximate surface area is 195 Å². The molecule has 4 aromatic rings. The number of nitrogens with zero attached hydrogens (tertiary/aromatic N) is 2. The summed E-state index contributed by atoms with van der Waals surface area (Å²) in [6, 6.07) is 32.4. The number of para-hydroxylation sites is 1. The van der Waals surface area contributed by atoms with Crippen LogP contribution in [-0.2, 0) is 5.41 Å². The summed E-state index contributed by atoms with van der Waals surface area (Å²) in [5, 5.41) is 9.85. The van der Waals surface area contributed by atoms with Crippen LogP contribution in [0.4, 0.5) is 0 Å². The van der Waals surface area contributed by atoms with Crippen LogP contribution in [0.25, 0.3) is 10.8 Å². The van der Waals surface area contributed by atoms with Crippen molar-refractivity contribution in [1.29, 1.82) is 0 Å². The average Bonchev–Trinajstić information content (AvgIpc) is 3.28. The Morgan fingerprint density at radius 2 is 1.55 bits per heavy atom. The van der Waals surface area contributed by atoms with Crippen molar-refractivity contribution < 1.29 is 4.74 Å². The lowest BCUT2D eigenvalue weighted by Crippen LogP contribution is -2.33. The first-order valence-electron chi connectivity index (χ1n) is 11.7. The van der Waals surface area contributed by atoms with Crippen LogP contribution in [0.3, 0.4) is 0 Å². The van der Waals surface area contributed by atoms with Gasteiger partial charge in [0.1, 0.15) is 5.75 Å². The number of hydrogen-bond donors (Lipinski definition) is 0. The van der Waals surface area contributed by atoms with Crippen LogP contribution >= 0.6 is 0 Å². The average molecular weight is 433 g/mol. The number of benzene rings is 4. The van der Waals surface area contributed by atoms with E-state index in [-0.39, 0.29) is 17.7 Å². The van der Waals surface area contributed by atoms with E-state index in [1.807, 2.05) is 0 Å². The topological polar surface area (TPSA) is 24.8 Å². The van der Waals surface area contributed by atoms with Crippen molar-refractivity contribution >= 4 is 16.5 Å². The Hall–Kier alpha value is -3.59. The Bertz CT molecular complexity index is 1360. The van der Waals surface area contributed by atoms with Crippen molar-refractivity contribution in [3.8, 4) is 5.75 Å². The lowest BCUT2D eigenvalue weighted by atomic mass is 9.86. The summed E-state index contributed by atoms with van der Waals surface area (Å²) in [7, 11) is 0. The Balaban J connectivity index is 1.45. The zero-order chi connectivity index (χ0) is 22.6. The molecular formula is C30H28N2O. The predicted molar refractivity (Wildman–Crippen MR) is 135 cm³/mol. The molecule has 0 aromatic heterocycles. The molecule has 164 valence electrons. The minimum absolute atomic E-state index is 0.119. The van der Waals surface area contributed by atoms with Crippen molar-refractivity contribution in [2.75, 3.05) is 0 Å². The van der Waals surface area contributed by atoms with E-state index in [1.165, 1.54) is 27.5 Å². The van der Waals surface area contributed by atoms with Crippen LogP contribution in [0.2, 0.25) is 0 Å². The first-order chi connectivity index (χ1) is 16.0. The molecule has 0 fully saturated rings. The largest absolute Gasteiger partial charge is 0.464 e. The van der Waals surface area contributed by atoms with Gasteiger partial charge in [0.05, 0.1) is 11.8 Å². The highest BCUT2D eigenvalue weighted by Gasteiger charge is 2.41. The lowest BCUT2D eigenvalue weighted by molar-refractivity contribution is -0.0190. The van der Waals surface area contributed by atoms with E-state index in [2.05, 4.69) is 117 Å². The molecule has 2 aliphatic rings. The molecule has 0 N–H and O–H groups in total. The molecule has 3 nitrogen and oxygen atoms in total. The minimum Gasteiger partial charge on any atom is -0.464 e. The molecule has 0 aliphatic carbocycles. The van der Waals surface area contributed by atoms with E-state index in [1.54, 1.807) is 0 Å². The first-order valence-corrected chi connectivity index (χ1v) is 11.7. The molecule has 2 aliphatic heterocycles. The molecule has 6 rings (SSSR count). The summed E-state index contributed by atoms with van der Waals surface area (Å²) in [6.45, 7) is 6.73. The monoisotopic (exact) mass is 432 g/mol. The maximum absolute atomic E-state index is 6.55. The van der Waals surface area contributed by atoms with Gasteiger partial charge in [0.25, 0.3) is 0 Å². The second-order valence-electron chi connectivity index (χ2n) is 10.1. The zero-order valence-corrected chi connectivity index (χ0v) is 19.3. The van der Waals surface area contributed by atoms with Gasteiger partial charge in [-0.25, -0.2) is 5.01 Å². The van der Waals surface area contributed by atoms with Crippen LogP contribution < -0.4 is 4.74 Å². The van der Waals surface area contributed by atoms with Gasteiger partial charge in [0.15, 0.2) is 0 Å². The van der Waals surface area contributed by atoms with E-state index in [0.717, 1.165) is 23.4 Å². The van der Waals surface area contributed by atoms with Crippen molar-refractivity contribution in [3.05, 3.63) is 113 Å². The first kappa shape index (κ1) is 20.0. The summed E-state index contributed by atoms with van der Waals surface area (Å²) in [4.78, 5) is 0. The molecule has 0 bridgehead atoms. The third-order valence-electron chi connectivity index (χ3n) is 6.86. The second-order valence-corrected chi connectivity index (χ2v) is 10.1. The number of rotatable bonds is 2. The normalized spacial score (nSPS) is 19.6. The van der Waals surface area contributed by atoms with Gasteiger partial charge in [-0.15, -0.1) is 0 Å². The van der Waals surface area contributed by atoms with Crippen LogP contribution in [0.1, 0.15) is 61.7 Å². The molecular weight excluding hydrogens is 404 g/mol. The lowest BCUT2D eigenvalue weighted by Gasteiger charge is -2.38.